The third kappa shape index (κ3) is 3.20. The van der Waals surface area contributed by atoms with Crippen molar-refractivity contribution < 1.29 is 9.90 Å². The Morgan fingerprint density at radius 2 is 2.33 bits per heavy atom. The lowest BCUT2D eigenvalue weighted by Gasteiger charge is -2.24. The van der Waals surface area contributed by atoms with E-state index in [0.717, 1.165) is 18.4 Å². The molecule has 2 N–H and O–H groups in total. The molecule has 0 amide bonds. The maximum atomic E-state index is 10.7. The normalized spacial score (nSPS) is 16.6. The Balaban J connectivity index is 1.83. The van der Waals surface area contributed by atoms with E-state index in [9.17, 15) is 4.79 Å². The number of nitrogens with one attached hydrogen (secondary N) is 1. The zero-order valence-electron chi connectivity index (χ0n) is 10.8. The minimum atomic E-state index is -0.948. The molecule has 1 fully saturated rings. The second-order valence-corrected chi connectivity index (χ2v) is 4.86. The van der Waals surface area contributed by atoms with Crippen LogP contribution in [0.25, 0.3) is 0 Å². The number of hydrogen-bond acceptors (Lipinski definition) is 4. The lowest BCUT2D eigenvalue weighted by molar-refractivity contribution is 0.0696. The number of rotatable bonds is 6. The van der Waals surface area contributed by atoms with Gasteiger partial charge in [0.2, 0.25) is 0 Å². The molecule has 2 rings (SSSR count). The summed E-state index contributed by atoms with van der Waals surface area (Å²) in [6, 6.07) is 4.45. The summed E-state index contributed by atoms with van der Waals surface area (Å²) in [4.78, 5) is 17.1. The fourth-order valence-corrected chi connectivity index (χ4v) is 1.86. The molecule has 98 valence electrons. The molecule has 1 atom stereocenters. The Hall–Kier alpha value is -1.62. The molecule has 5 nitrogen and oxygen atoms in total. The Morgan fingerprint density at radius 3 is 2.83 bits per heavy atom. The van der Waals surface area contributed by atoms with E-state index >= 15 is 0 Å². The van der Waals surface area contributed by atoms with E-state index in [4.69, 9.17) is 5.11 Å². The third-order valence-electron chi connectivity index (χ3n) is 3.41. The highest BCUT2D eigenvalue weighted by molar-refractivity contribution is 5.87. The smallest absolute Gasteiger partial charge is 0.337 e. The third-order valence-corrected chi connectivity index (χ3v) is 3.41. The topological polar surface area (TPSA) is 65.5 Å². The first-order valence-corrected chi connectivity index (χ1v) is 6.23. The van der Waals surface area contributed by atoms with Crippen LogP contribution < -0.4 is 5.32 Å². The first-order chi connectivity index (χ1) is 8.58. The number of carbonyl (C=O) groups is 1. The van der Waals surface area contributed by atoms with Crippen LogP contribution in [0, 0.1) is 0 Å². The SMILES string of the molecule is CC(CNc1ccc(C(=O)O)cn1)N(C)C1CC1. The van der Waals surface area contributed by atoms with Crippen molar-refractivity contribution in [2.24, 2.45) is 0 Å². The predicted octanol–water partition coefficient (Wildman–Crippen LogP) is 1.67. The van der Waals surface area contributed by atoms with Crippen LogP contribution in [0.2, 0.25) is 0 Å². The van der Waals surface area contributed by atoms with Crippen molar-refractivity contribution in [1.82, 2.24) is 9.88 Å². The lowest BCUT2D eigenvalue weighted by Crippen LogP contribution is -2.36. The fraction of sp³-hybridized carbons (Fsp3) is 0.538. The van der Waals surface area contributed by atoms with Gasteiger partial charge in [-0.25, -0.2) is 9.78 Å². The Kier molecular flexibility index (Phi) is 3.81. The van der Waals surface area contributed by atoms with E-state index in [0.29, 0.717) is 6.04 Å². The van der Waals surface area contributed by atoms with Crippen LogP contribution in [-0.4, -0.2) is 46.6 Å². The number of pyridine rings is 1. The van der Waals surface area contributed by atoms with Gasteiger partial charge < -0.3 is 10.4 Å². The summed E-state index contributed by atoms with van der Waals surface area (Å²) in [7, 11) is 2.14. The Labute approximate surface area is 107 Å². The molecule has 1 saturated carbocycles. The quantitative estimate of drug-likeness (QED) is 0.803. The first-order valence-electron chi connectivity index (χ1n) is 6.23. The van der Waals surface area contributed by atoms with Crippen molar-refractivity contribution in [2.75, 3.05) is 18.9 Å². The highest BCUT2D eigenvalue weighted by Gasteiger charge is 2.28. The van der Waals surface area contributed by atoms with Gasteiger partial charge in [-0.15, -0.1) is 0 Å². The van der Waals surface area contributed by atoms with E-state index in [2.05, 4.69) is 29.2 Å². The summed E-state index contributed by atoms with van der Waals surface area (Å²) in [5.74, 6) is -0.230. The molecule has 1 aliphatic carbocycles. The molecule has 1 aliphatic rings. The monoisotopic (exact) mass is 249 g/mol. The molecule has 0 aromatic carbocycles. The van der Waals surface area contributed by atoms with Crippen molar-refractivity contribution in [3.05, 3.63) is 23.9 Å². The number of aromatic carboxylic acids is 1. The molecule has 0 saturated heterocycles. The van der Waals surface area contributed by atoms with Crippen LogP contribution in [-0.2, 0) is 0 Å². The molecule has 18 heavy (non-hydrogen) atoms. The van der Waals surface area contributed by atoms with Crippen LogP contribution in [0.15, 0.2) is 18.3 Å². The summed E-state index contributed by atoms with van der Waals surface area (Å²) in [6.45, 7) is 2.99. The van der Waals surface area contributed by atoms with Gasteiger partial charge in [-0.05, 0) is 38.9 Å². The number of carboxylic acid groups (broad SMARTS) is 1. The van der Waals surface area contributed by atoms with E-state index in [1.165, 1.54) is 19.0 Å². The summed E-state index contributed by atoms with van der Waals surface area (Å²) < 4.78 is 0. The van der Waals surface area contributed by atoms with Crippen molar-refractivity contribution >= 4 is 11.8 Å². The Bertz CT molecular complexity index is 415. The van der Waals surface area contributed by atoms with Gasteiger partial charge in [-0.2, -0.15) is 0 Å². The van der Waals surface area contributed by atoms with Gasteiger partial charge in [-0.1, -0.05) is 0 Å². The second-order valence-electron chi connectivity index (χ2n) is 4.86. The van der Waals surface area contributed by atoms with Crippen molar-refractivity contribution in [3.8, 4) is 0 Å². The molecule has 1 unspecified atom stereocenters. The standard InChI is InChI=1S/C13H19N3O2/c1-9(16(2)11-4-5-11)7-14-12-6-3-10(8-15-12)13(17)18/h3,6,8-9,11H,4-5,7H2,1-2H3,(H,14,15)(H,17,18). The molecule has 0 bridgehead atoms. The summed E-state index contributed by atoms with van der Waals surface area (Å²) in [6.07, 6.45) is 3.97. The van der Waals surface area contributed by atoms with Crippen LogP contribution in [0.4, 0.5) is 5.82 Å². The fourth-order valence-electron chi connectivity index (χ4n) is 1.86. The number of nitrogens with zero attached hydrogens (tertiary/aromatic N) is 2. The Morgan fingerprint density at radius 1 is 1.61 bits per heavy atom. The highest BCUT2D eigenvalue weighted by Crippen LogP contribution is 2.26. The second kappa shape index (κ2) is 5.35. The highest BCUT2D eigenvalue weighted by atomic mass is 16.4. The molecule has 0 spiro atoms. The zero-order chi connectivity index (χ0) is 13.1. The van der Waals surface area contributed by atoms with Gasteiger partial charge in [0, 0.05) is 24.8 Å². The zero-order valence-corrected chi connectivity index (χ0v) is 10.8. The van der Waals surface area contributed by atoms with Crippen LogP contribution in [0.5, 0.6) is 0 Å². The minimum absolute atomic E-state index is 0.212. The van der Waals surface area contributed by atoms with E-state index in [1.54, 1.807) is 12.1 Å². The van der Waals surface area contributed by atoms with Crippen LogP contribution in [0.1, 0.15) is 30.1 Å². The van der Waals surface area contributed by atoms with E-state index in [-0.39, 0.29) is 5.56 Å². The first kappa shape index (κ1) is 12.8. The molecule has 0 aliphatic heterocycles. The molecule has 5 heteroatoms. The number of hydrogen-bond donors (Lipinski definition) is 2. The molecular formula is C13H19N3O2. The van der Waals surface area contributed by atoms with Crippen molar-refractivity contribution in [2.45, 2.75) is 31.8 Å². The maximum Gasteiger partial charge on any atom is 0.337 e. The van der Waals surface area contributed by atoms with Gasteiger partial charge in [0.25, 0.3) is 0 Å². The van der Waals surface area contributed by atoms with Crippen LogP contribution >= 0.6 is 0 Å². The van der Waals surface area contributed by atoms with Gasteiger partial charge in [0.15, 0.2) is 0 Å². The minimum Gasteiger partial charge on any atom is -0.478 e. The average Bonchev–Trinajstić information content (AvgIpc) is 3.19. The molecular weight excluding hydrogens is 230 g/mol. The van der Waals surface area contributed by atoms with Gasteiger partial charge >= 0.3 is 5.97 Å². The lowest BCUT2D eigenvalue weighted by atomic mass is 10.2. The van der Waals surface area contributed by atoms with Crippen molar-refractivity contribution in [3.63, 3.8) is 0 Å². The number of likely N-dealkylation sites (N-methyl/N-ethyl adjacent to an activating group) is 1. The van der Waals surface area contributed by atoms with Gasteiger partial charge in [0.1, 0.15) is 5.82 Å². The summed E-state index contributed by atoms with van der Waals surface area (Å²) in [5.41, 5.74) is 0.212. The van der Waals surface area contributed by atoms with Gasteiger partial charge in [-0.3, -0.25) is 4.90 Å². The summed E-state index contributed by atoms with van der Waals surface area (Å²) in [5, 5.41) is 12.0. The van der Waals surface area contributed by atoms with Gasteiger partial charge in [0.05, 0.1) is 5.56 Å². The molecule has 1 aromatic rings. The molecule has 1 heterocycles. The van der Waals surface area contributed by atoms with E-state index in [1.807, 2.05) is 0 Å². The van der Waals surface area contributed by atoms with Crippen LogP contribution in [0.3, 0.4) is 0 Å². The maximum absolute atomic E-state index is 10.7. The average molecular weight is 249 g/mol. The number of aromatic nitrogens is 1. The van der Waals surface area contributed by atoms with E-state index < -0.39 is 5.97 Å². The number of anilines is 1. The summed E-state index contributed by atoms with van der Waals surface area (Å²) >= 11 is 0. The molecule has 1 aromatic heterocycles. The predicted molar refractivity (Wildman–Crippen MR) is 69.9 cm³/mol. The number of carboxylic acids is 1. The van der Waals surface area contributed by atoms with Crippen molar-refractivity contribution in [1.29, 1.82) is 0 Å². The molecule has 0 radical (unpaired) electrons. The largest absolute Gasteiger partial charge is 0.478 e.